The summed E-state index contributed by atoms with van der Waals surface area (Å²) in [6.45, 7) is 1.66. The van der Waals surface area contributed by atoms with Gasteiger partial charge in [0, 0.05) is 25.3 Å². The Labute approximate surface area is 109 Å². The molecule has 0 bridgehead atoms. The average Bonchev–Trinajstić information content (AvgIpc) is 2.82. The van der Waals surface area contributed by atoms with Crippen LogP contribution in [0.5, 0.6) is 0 Å². The largest absolute Gasteiger partial charge is 0.394 e. The first-order chi connectivity index (χ1) is 9.10. The summed E-state index contributed by atoms with van der Waals surface area (Å²) < 4.78 is 12.1. The van der Waals surface area contributed by atoms with Crippen molar-refractivity contribution in [2.24, 2.45) is 0 Å². The molecule has 1 unspecified atom stereocenters. The van der Waals surface area contributed by atoms with Gasteiger partial charge in [0.05, 0.1) is 12.7 Å². The van der Waals surface area contributed by atoms with E-state index >= 15 is 0 Å². The van der Waals surface area contributed by atoms with Gasteiger partial charge in [-0.2, -0.15) is 0 Å². The molecule has 0 saturated carbocycles. The second-order valence-corrected chi connectivity index (χ2v) is 4.50. The maximum Gasteiger partial charge on any atom is 0.330 e. The summed E-state index contributed by atoms with van der Waals surface area (Å²) in [5, 5.41) is 9.20. The van der Waals surface area contributed by atoms with Gasteiger partial charge in [0.25, 0.3) is 5.56 Å². The van der Waals surface area contributed by atoms with Gasteiger partial charge in [-0.25, -0.2) is 4.79 Å². The summed E-state index contributed by atoms with van der Waals surface area (Å²) >= 11 is 0. The first kappa shape index (κ1) is 14.0. The highest BCUT2D eigenvalue weighted by molar-refractivity contribution is 5.04. The molecule has 0 aliphatic carbocycles. The van der Waals surface area contributed by atoms with Crippen LogP contribution in [0.15, 0.2) is 15.8 Å². The van der Waals surface area contributed by atoms with E-state index in [4.69, 9.17) is 9.47 Å². The summed E-state index contributed by atoms with van der Waals surface area (Å²) in [7, 11) is 1.53. The molecule has 1 fully saturated rings. The van der Waals surface area contributed by atoms with Crippen molar-refractivity contribution < 1.29 is 14.6 Å². The zero-order valence-electron chi connectivity index (χ0n) is 11.0. The van der Waals surface area contributed by atoms with E-state index in [0.29, 0.717) is 18.4 Å². The first-order valence-electron chi connectivity index (χ1n) is 6.24. The molecule has 1 saturated heterocycles. The van der Waals surface area contributed by atoms with E-state index < -0.39 is 18.0 Å². The van der Waals surface area contributed by atoms with E-state index in [1.165, 1.54) is 17.9 Å². The van der Waals surface area contributed by atoms with Crippen molar-refractivity contribution >= 4 is 0 Å². The monoisotopic (exact) mass is 270 g/mol. The fourth-order valence-corrected chi connectivity index (χ4v) is 2.28. The highest BCUT2D eigenvalue weighted by Crippen LogP contribution is 2.29. The lowest BCUT2D eigenvalue weighted by molar-refractivity contribution is -0.0535. The Hall–Kier alpha value is -1.44. The van der Waals surface area contributed by atoms with Crippen molar-refractivity contribution in [3.63, 3.8) is 0 Å². The summed E-state index contributed by atoms with van der Waals surface area (Å²) in [5.74, 6) is 0. The first-order valence-corrected chi connectivity index (χ1v) is 6.24. The molecule has 2 rings (SSSR count). The van der Waals surface area contributed by atoms with E-state index in [0.717, 1.165) is 0 Å². The predicted molar refractivity (Wildman–Crippen MR) is 67.1 cm³/mol. The summed E-state index contributed by atoms with van der Waals surface area (Å²) in [6, 6.07) is 0. The third-order valence-corrected chi connectivity index (χ3v) is 3.40. The van der Waals surface area contributed by atoms with Crippen LogP contribution >= 0.6 is 0 Å². The lowest BCUT2D eigenvalue weighted by atomic mass is 10.2. The number of ether oxygens (including phenoxy) is 2. The number of aromatic amines is 1. The molecule has 0 amide bonds. The van der Waals surface area contributed by atoms with Crippen LogP contribution in [0.25, 0.3) is 0 Å². The lowest BCUT2D eigenvalue weighted by Crippen LogP contribution is -2.34. The van der Waals surface area contributed by atoms with Crippen molar-refractivity contribution in [1.82, 2.24) is 9.55 Å². The van der Waals surface area contributed by atoms with Crippen molar-refractivity contribution in [2.45, 2.75) is 38.2 Å². The fourth-order valence-electron chi connectivity index (χ4n) is 2.28. The van der Waals surface area contributed by atoms with Crippen LogP contribution in [-0.4, -0.2) is 40.6 Å². The molecule has 7 nitrogen and oxygen atoms in total. The molecule has 1 aromatic rings. The number of aliphatic hydroxyl groups is 1. The van der Waals surface area contributed by atoms with Gasteiger partial charge in [0.1, 0.15) is 12.3 Å². The number of H-pyrrole nitrogens is 1. The topological polar surface area (TPSA) is 93.6 Å². The van der Waals surface area contributed by atoms with Crippen molar-refractivity contribution in [2.75, 3.05) is 13.7 Å². The van der Waals surface area contributed by atoms with Crippen molar-refractivity contribution in [1.29, 1.82) is 0 Å². The Morgan fingerprint density at radius 2 is 2.32 bits per heavy atom. The maximum absolute atomic E-state index is 11.8. The lowest BCUT2D eigenvalue weighted by Gasteiger charge is -2.15. The number of nitrogens with zero attached hydrogens (tertiary/aromatic N) is 1. The molecule has 1 aliphatic rings. The predicted octanol–water partition coefficient (Wildman–Crippen LogP) is -0.606. The quantitative estimate of drug-likeness (QED) is 0.761. The second-order valence-electron chi connectivity index (χ2n) is 4.50. The standard InChI is InChI=1S/C12H18N2O5/c1-3-7-5-14(12(17)13-11(7)16)10-4-8(18-2)9(6-15)19-10/h5,8-10,15H,3-4,6H2,1-2H3,(H,13,16,17)/t8?,9-,10-/m1/s1. The minimum absolute atomic E-state index is 0.173. The highest BCUT2D eigenvalue weighted by Gasteiger charge is 2.36. The van der Waals surface area contributed by atoms with Crippen LogP contribution in [0, 0.1) is 0 Å². The number of nitrogens with one attached hydrogen (secondary N) is 1. The molecular formula is C12H18N2O5. The van der Waals surface area contributed by atoms with Crippen LogP contribution in [0.2, 0.25) is 0 Å². The molecule has 2 heterocycles. The molecule has 0 radical (unpaired) electrons. The third kappa shape index (κ3) is 2.63. The van der Waals surface area contributed by atoms with E-state index in [2.05, 4.69) is 4.98 Å². The minimum Gasteiger partial charge on any atom is -0.394 e. The molecule has 0 spiro atoms. The average molecular weight is 270 g/mol. The van der Waals surface area contributed by atoms with Crippen LogP contribution in [0.4, 0.5) is 0 Å². The third-order valence-electron chi connectivity index (χ3n) is 3.40. The van der Waals surface area contributed by atoms with Crippen molar-refractivity contribution in [3.8, 4) is 0 Å². The van der Waals surface area contributed by atoms with E-state index in [-0.39, 0.29) is 18.3 Å². The van der Waals surface area contributed by atoms with Crippen LogP contribution < -0.4 is 11.2 Å². The molecule has 1 aromatic heterocycles. The zero-order chi connectivity index (χ0) is 14.0. The number of aromatic nitrogens is 2. The SMILES string of the molecule is CCc1cn([C@H]2CC(OC)[C@@H](CO)O2)c(=O)[nH]c1=O. The molecule has 7 heteroatoms. The molecule has 19 heavy (non-hydrogen) atoms. The Morgan fingerprint density at radius 3 is 2.84 bits per heavy atom. The van der Waals surface area contributed by atoms with Gasteiger partial charge in [-0.05, 0) is 6.42 Å². The van der Waals surface area contributed by atoms with Crippen LogP contribution in [0.1, 0.15) is 25.1 Å². The highest BCUT2D eigenvalue weighted by atomic mass is 16.6. The summed E-state index contributed by atoms with van der Waals surface area (Å²) in [4.78, 5) is 25.6. The summed E-state index contributed by atoms with van der Waals surface area (Å²) in [6.07, 6.45) is 1.24. The fraction of sp³-hybridized carbons (Fsp3) is 0.667. The smallest absolute Gasteiger partial charge is 0.330 e. The van der Waals surface area contributed by atoms with Gasteiger partial charge in [-0.3, -0.25) is 14.3 Å². The number of hydrogen-bond acceptors (Lipinski definition) is 5. The van der Waals surface area contributed by atoms with Crippen LogP contribution in [0.3, 0.4) is 0 Å². The Balaban J connectivity index is 2.33. The number of rotatable bonds is 4. The number of aryl methyl sites for hydroxylation is 1. The van der Waals surface area contributed by atoms with Gasteiger partial charge >= 0.3 is 5.69 Å². The molecular weight excluding hydrogens is 252 g/mol. The Kier molecular flexibility index (Phi) is 4.18. The minimum atomic E-state index is -0.531. The second kappa shape index (κ2) is 5.68. The van der Waals surface area contributed by atoms with Gasteiger partial charge < -0.3 is 14.6 Å². The van der Waals surface area contributed by atoms with Crippen LogP contribution in [-0.2, 0) is 15.9 Å². The zero-order valence-corrected chi connectivity index (χ0v) is 11.0. The van der Waals surface area contributed by atoms with E-state index in [9.17, 15) is 14.7 Å². The van der Waals surface area contributed by atoms with Gasteiger partial charge in [-0.15, -0.1) is 0 Å². The van der Waals surface area contributed by atoms with Crippen molar-refractivity contribution in [3.05, 3.63) is 32.6 Å². The summed E-state index contributed by atoms with van der Waals surface area (Å²) in [5.41, 5.74) is -0.367. The molecule has 106 valence electrons. The van der Waals surface area contributed by atoms with Gasteiger partial charge in [0.15, 0.2) is 0 Å². The molecule has 0 aromatic carbocycles. The Bertz CT molecular complexity index is 538. The molecule has 2 N–H and O–H groups in total. The van der Waals surface area contributed by atoms with E-state index in [1.54, 1.807) is 0 Å². The molecule has 1 aliphatic heterocycles. The molecule has 3 atom stereocenters. The normalized spacial score (nSPS) is 26.8. The maximum atomic E-state index is 11.8. The number of hydrogen-bond donors (Lipinski definition) is 2. The van der Waals surface area contributed by atoms with Gasteiger partial charge in [0.2, 0.25) is 0 Å². The van der Waals surface area contributed by atoms with E-state index in [1.807, 2.05) is 6.92 Å². The number of aliphatic hydroxyl groups excluding tert-OH is 1. The number of methoxy groups -OCH3 is 1. The van der Waals surface area contributed by atoms with Gasteiger partial charge in [-0.1, -0.05) is 6.92 Å². The Morgan fingerprint density at radius 1 is 1.58 bits per heavy atom.